The summed E-state index contributed by atoms with van der Waals surface area (Å²) in [7, 11) is 0. The topological polar surface area (TPSA) is 29.1 Å². The van der Waals surface area contributed by atoms with E-state index in [9.17, 15) is 13.6 Å². The SMILES string of the molecule is O=C(Cc1ccccc1F)Nc1ccc(F)c(Cl)c1. The molecule has 2 aromatic carbocycles. The molecule has 0 aromatic heterocycles. The maximum absolute atomic E-state index is 13.4. The van der Waals surface area contributed by atoms with E-state index in [4.69, 9.17) is 11.6 Å². The highest BCUT2D eigenvalue weighted by Gasteiger charge is 2.09. The van der Waals surface area contributed by atoms with Crippen molar-refractivity contribution < 1.29 is 13.6 Å². The fourth-order valence-electron chi connectivity index (χ4n) is 1.59. The van der Waals surface area contributed by atoms with Crippen LogP contribution in [0.15, 0.2) is 42.5 Å². The van der Waals surface area contributed by atoms with Gasteiger partial charge in [-0.25, -0.2) is 8.78 Å². The molecule has 0 aliphatic heterocycles. The maximum Gasteiger partial charge on any atom is 0.228 e. The molecule has 0 saturated carbocycles. The first kappa shape index (κ1) is 13.5. The van der Waals surface area contributed by atoms with Gasteiger partial charge in [0.25, 0.3) is 0 Å². The van der Waals surface area contributed by atoms with E-state index in [0.29, 0.717) is 11.3 Å². The molecule has 19 heavy (non-hydrogen) atoms. The minimum absolute atomic E-state index is 0.0799. The van der Waals surface area contributed by atoms with Gasteiger partial charge < -0.3 is 5.32 Å². The Labute approximate surface area is 114 Å². The van der Waals surface area contributed by atoms with Gasteiger partial charge in [0, 0.05) is 5.69 Å². The highest BCUT2D eigenvalue weighted by atomic mass is 35.5. The zero-order valence-electron chi connectivity index (χ0n) is 9.79. The predicted molar refractivity (Wildman–Crippen MR) is 70.1 cm³/mol. The number of anilines is 1. The van der Waals surface area contributed by atoms with Crippen LogP contribution in [-0.4, -0.2) is 5.91 Å². The van der Waals surface area contributed by atoms with Crippen molar-refractivity contribution in [3.05, 3.63) is 64.7 Å². The minimum atomic E-state index is -0.561. The van der Waals surface area contributed by atoms with Gasteiger partial charge in [-0.1, -0.05) is 29.8 Å². The number of hydrogen-bond donors (Lipinski definition) is 1. The third-order valence-corrected chi connectivity index (χ3v) is 2.80. The Bertz CT molecular complexity index is 616. The smallest absolute Gasteiger partial charge is 0.228 e. The molecule has 0 atom stereocenters. The van der Waals surface area contributed by atoms with Gasteiger partial charge in [-0.2, -0.15) is 0 Å². The molecule has 0 heterocycles. The lowest BCUT2D eigenvalue weighted by Crippen LogP contribution is -2.15. The fourth-order valence-corrected chi connectivity index (χ4v) is 1.77. The van der Waals surface area contributed by atoms with Crippen LogP contribution in [0.3, 0.4) is 0 Å². The van der Waals surface area contributed by atoms with Gasteiger partial charge in [0.2, 0.25) is 5.91 Å². The first-order valence-corrected chi connectivity index (χ1v) is 5.92. The number of rotatable bonds is 3. The molecular formula is C14H10ClF2NO. The van der Waals surface area contributed by atoms with Gasteiger partial charge in [0.05, 0.1) is 11.4 Å². The standard InChI is InChI=1S/C14H10ClF2NO/c15-11-8-10(5-6-13(11)17)18-14(19)7-9-3-1-2-4-12(9)16/h1-6,8H,7H2,(H,18,19). The second-order valence-corrected chi connectivity index (χ2v) is 4.35. The van der Waals surface area contributed by atoms with Crippen molar-refractivity contribution in [2.45, 2.75) is 6.42 Å². The van der Waals surface area contributed by atoms with Gasteiger partial charge in [0.15, 0.2) is 0 Å². The first-order chi connectivity index (χ1) is 9.06. The zero-order valence-corrected chi connectivity index (χ0v) is 10.5. The Hall–Kier alpha value is -1.94. The Morgan fingerprint density at radius 3 is 2.53 bits per heavy atom. The summed E-state index contributed by atoms with van der Waals surface area (Å²) in [5.41, 5.74) is 0.668. The summed E-state index contributed by atoms with van der Waals surface area (Å²) in [4.78, 5) is 11.7. The zero-order chi connectivity index (χ0) is 13.8. The number of hydrogen-bond acceptors (Lipinski definition) is 1. The second-order valence-electron chi connectivity index (χ2n) is 3.95. The summed E-state index contributed by atoms with van der Waals surface area (Å²) in [5, 5.41) is 2.45. The summed E-state index contributed by atoms with van der Waals surface area (Å²) >= 11 is 5.60. The van der Waals surface area contributed by atoms with Crippen molar-refractivity contribution in [2.24, 2.45) is 0 Å². The van der Waals surface area contributed by atoms with E-state index >= 15 is 0 Å². The van der Waals surface area contributed by atoms with E-state index in [-0.39, 0.29) is 11.4 Å². The van der Waals surface area contributed by atoms with Gasteiger partial charge in [-0.05, 0) is 29.8 Å². The molecule has 1 N–H and O–H groups in total. The number of halogens is 3. The van der Waals surface area contributed by atoms with Crippen LogP contribution >= 0.6 is 11.6 Å². The van der Waals surface area contributed by atoms with E-state index in [2.05, 4.69) is 5.32 Å². The van der Waals surface area contributed by atoms with Crippen LogP contribution in [0.25, 0.3) is 0 Å². The number of carbonyl (C=O) groups is 1. The summed E-state index contributed by atoms with van der Waals surface area (Å²) in [6.07, 6.45) is -0.0956. The van der Waals surface area contributed by atoms with Gasteiger partial charge in [-0.3, -0.25) is 4.79 Å². The van der Waals surface area contributed by atoms with Crippen LogP contribution < -0.4 is 5.32 Å². The molecule has 0 aliphatic rings. The van der Waals surface area contributed by atoms with Crippen molar-refractivity contribution >= 4 is 23.2 Å². The van der Waals surface area contributed by atoms with Crippen molar-refractivity contribution in [1.29, 1.82) is 0 Å². The molecule has 2 nitrogen and oxygen atoms in total. The summed E-state index contributed by atoms with van der Waals surface area (Å²) in [6.45, 7) is 0. The summed E-state index contributed by atoms with van der Waals surface area (Å²) in [5.74, 6) is -1.39. The van der Waals surface area contributed by atoms with Crippen LogP contribution in [0.2, 0.25) is 5.02 Å². The highest BCUT2D eigenvalue weighted by Crippen LogP contribution is 2.19. The van der Waals surface area contributed by atoms with Crippen molar-refractivity contribution in [2.75, 3.05) is 5.32 Å². The molecule has 2 rings (SSSR count). The van der Waals surface area contributed by atoms with E-state index in [1.165, 1.54) is 24.3 Å². The van der Waals surface area contributed by atoms with Crippen LogP contribution in [0, 0.1) is 11.6 Å². The Morgan fingerprint density at radius 1 is 1.11 bits per heavy atom. The predicted octanol–water partition coefficient (Wildman–Crippen LogP) is 3.80. The van der Waals surface area contributed by atoms with E-state index < -0.39 is 17.5 Å². The largest absolute Gasteiger partial charge is 0.326 e. The molecule has 0 fully saturated rings. The van der Waals surface area contributed by atoms with Crippen LogP contribution in [0.1, 0.15) is 5.56 Å². The van der Waals surface area contributed by atoms with E-state index in [0.717, 1.165) is 6.07 Å². The molecule has 0 unspecified atom stereocenters. The van der Waals surface area contributed by atoms with Crippen LogP contribution in [-0.2, 0) is 11.2 Å². The Morgan fingerprint density at radius 2 is 1.84 bits per heavy atom. The molecule has 5 heteroatoms. The summed E-state index contributed by atoms with van der Waals surface area (Å²) in [6, 6.07) is 9.87. The lowest BCUT2D eigenvalue weighted by molar-refractivity contribution is -0.115. The lowest BCUT2D eigenvalue weighted by atomic mass is 10.1. The number of benzene rings is 2. The maximum atomic E-state index is 13.4. The highest BCUT2D eigenvalue weighted by molar-refractivity contribution is 6.31. The minimum Gasteiger partial charge on any atom is -0.326 e. The summed E-state index contributed by atoms with van der Waals surface area (Å²) < 4.78 is 26.3. The third kappa shape index (κ3) is 3.51. The molecule has 0 saturated heterocycles. The number of nitrogens with one attached hydrogen (secondary N) is 1. The Kier molecular flexibility index (Phi) is 4.12. The molecule has 0 aliphatic carbocycles. The van der Waals surface area contributed by atoms with Crippen molar-refractivity contribution in [3.8, 4) is 0 Å². The van der Waals surface area contributed by atoms with Gasteiger partial charge in [-0.15, -0.1) is 0 Å². The Balaban J connectivity index is 2.05. The average Bonchev–Trinajstić information content (AvgIpc) is 2.37. The normalized spacial score (nSPS) is 10.3. The molecular weight excluding hydrogens is 272 g/mol. The third-order valence-electron chi connectivity index (χ3n) is 2.51. The van der Waals surface area contributed by atoms with Crippen molar-refractivity contribution in [1.82, 2.24) is 0 Å². The van der Waals surface area contributed by atoms with Gasteiger partial charge >= 0.3 is 0 Å². The second kappa shape index (κ2) is 5.80. The molecule has 0 radical (unpaired) electrons. The van der Waals surface area contributed by atoms with Crippen LogP contribution in [0.4, 0.5) is 14.5 Å². The molecule has 2 aromatic rings. The van der Waals surface area contributed by atoms with Crippen molar-refractivity contribution in [3.63, 3.8) is 0 Å². The lowest BCUT2D eigenvalue weighted by Gasteiger charge is -2.06. The average molecular weight is 282 g/mol. The van der Waals surface area contributed by atoms with Gasteiger partial charge in [0.1, 0.15) is 11.6 Å². The molecule has 0 bridgehead atoms. The first-order valence-electron chi connectivity index (χ1n) is 5.54. The fraction of sp³-hybridized carbons (Fsp3) is 0.0714. The van der Waals surface area contributed by atoms with Crippen LogP contribution in [0.5, 0.6) is 0 Å². The van der Waals surface area contributed by atoms with E-state index in [1.807, 2.05) is 0 Å². The molecule has 1 amide bonds. The number of carbonyl (C=O) groups excluding carboxylic acids is 1. The molecule has 0 spiro atoms. The number of amides is 1. The quantitative estimate of drug-likeness (QED) is 0.911. The monoisotopic (exact) mass is 281 g/mol. The molecule has 98 valence electrons. The van der Waals surface area contributed by atoms with E-state index in [1.54, 1.807) is 12.1 Å².